The highest BCUT2D eigenvalue weighted by Crippen LogP contribution is 2.25. The Morgan fingerprint density at radius 2 is 1.73 bits per heavy atom. The standard InChI is InChI=1S/C13H15NO/c1-9-5-3-6-10(2)12(9)13(14)11-7-4-8-15-11/h3-8,13H,14H2,1-2H3. The van der Waals surface area contributed by atoms with E-state index in [9.17, 15) is 0 Å². The highest BCUT2D eigenvalue weighted by atomic mass is 16.3. The van der Waals surface area contributed by atoms with E-state index < -0.39 is 0 Å². The molecule has 1 heterocycles. The summed E-state index contributed by atoms with van der Waals surface area (Å²) < 4.78 is 5.33. The number of hydrogen-bond acceptors (Lipinski definition) is 2. The van der Waals surface area contributed by atoms with E-state index in [0.717, 1.165) is 11.3 Å². The van der Waals surface area contributed by atoms with Gasteiger partial charge in [-0.1, -0.05) is 18.2 Å². The normalized spacial score (nSPS) is 12.7. The Hall–Kier alpha value is -1.54. The van der Waals surface area contributed by atoms with Gasteiger partial charge in [0.15, 0.2) is 0 Å². The lowest BCUT2D eigenvalue weighted by Gasteiger charge is -2.15. The second kappa shape index (κ2) is 3.91. The van der Waals surface area contributed by atoms with Gasteiger partial charge in [-0.25, -0.2) is 0 Å². The maximum Gasteiger partial charge on any atom is 0.125 e. The fourth-order valence-corrected chi connectivity index (χ4v) is 1.93. The van der Waals surface area contributed by atoms with E-state index in [1.54, 1.807) is 6.26 Å². The number of hydrogen-bond donors (Lipinski definition) is 1. The van der Waals surface area contributed by atoms with Crippen molar-refractivity contribution in [2.45, 2.75) is 19.9 Å². The number of furan rings is 1. The minimum Gasteiger partial charge on any atom is -0.467 e. The van der Waals surface area contributed by atoms with Crippen molar-refractivity contribution in [3.8, 4) is 0 Å². The molecule has 0 spiro atoms. The van der Waals surface area contributed by atoms with Crippen LogP contribution in [0.4, 0.5) is 0 Å². The lowest BCUT2D eigenvalue weighted by molar-refractivity contribution is 0.488. The Morgan fingerprint density at radius 1 is 1.07 bits per heavy atom. The van der Waals surface area contributed by atoms with E-state index in [-0.39, 0.29) is 6.04 Å². The average molecular weight is 201 g/mol. The Morgan fingerprint density at radius 3 is 2.27 bits per heavy atom. The summed E-state index contributed by atoms with van der Waals surface area (Å²) in [5.74, 6) is 0.812. The highest BCUT2D eigenvalue weighted by Gasteiger charge is 2.15. The van der Waals surface area contributed by atoms with Crippen molar-refractivity contribution < 1.29 is 4.42 Å². The van der Waals surface area contributed by atoms with Crippen LogP contribution in [0, 0.1) is 13.8 Å². The molecule has 0 bridgehead atoms. The summed E-state index contributed by atoms with van der Waals surface area (Å²) in [5, 5.41) is 0. The molecule has 2 N–H and O–H groups in total. The van der Waals surface area contributed by atoms with E-state index in [0.29, 0.717) is 0 Å². The lowest BCUT2D eigenvalue weighted by Crippen LogP contribution is -2.13. The molecule has 2 aromatic rings. The molecule has 0 aliphatic carbocycles. The van der Waals surface area contributed by atoms with Crippen molar-refractivity contribution in [3.05, 3.63) is 59.0 Å². The van der Waals surface area contributed by atoms with Gasteiger partial charge in [-0.3, -0.25) is 0 Å². The van der Waals surface area contributed by atoms with Crippen LogP contribution in [0.1, 0.15) is 28.5 Å². The zero-order chi connectivity index (χ0) is 10.8. The first-order valence-electron chi connectivity index (χ1n) is 5.05. The summed E-state index contributed by atoms with van der Waals surface area (Å²) in [7, 11) is 0. The van der Waals surface area contributed by atoms with Crippen LogP contribution >= 0.6 is 0 Å². The second-order valence-electron chi connectivity index (χ2n) is 3.80. The van der Waals surface area contributed by atoms with Gasteiger partial charge in [0.25, 0.3) is 0 Å². The van der Waals surface area contributed by atoms with Gasteiger partial charge in [-0.2, -0.15) is 0 Å². The van der Waals surface area contributed by atoms with Crippen LogP contribution < -0.4 is 5.73 Å². The van der Waals surface area contributed by atoms with Crippen molar-refractivity contribution in [2.75, 3.05) is 0 Å². The SMILES string of the molecule is Cc1cccc(C)c1C(N)c1ccco1. The van der Waals surface area contributed by atoms with Gasteiger partial charge in [0.05, 0.1) is 12.3 Å². The first kappa shape index (κ1) is 9.99. The Labute approximate surface area is 89.7 Å². The van der Waals surface area contributed by atoms with Gasteiger partial charge in [-0.05, 0) is 42.7 Å². The van der Waals surface area contributed by atoms with Crippen LogP contribution in [-0.4, -0.2) is 0 Å². The van der Waals surface area contributed by atoms with Crippen LogP contribution in [0.3, 0.4) is 0 Å². The first-order valence-corrected chi connectivity index (χ1v) is 5.05. The van der Waals surface area contributed by atoms with E-state index in [1.807, 2.05) is 18.2 Å². The Bertz CT molecular complexity index is 425. The smallest absolute Gasteiger partial charge is 0.125 e. The van der Waals surface area contributed by atoms with Gasteiger partial charge < -0.3 is 10.2 Å². The second-order valence-corrected chi connectivity index (χ2v) is 3.80. The lowest BCUT2D eigenvalue weighted by atomic mass is 9.95. The highest BCUT2D eigenvalue weighted by molar-refractivity contribution is 5.39. The van der Waals surface area contributed by atoms with E-state index in [4.69, 9.17) is 10.2 Å². The molecular formula is C13H15NO. The van der Waals surface area contributed by atoms with Crippen LogP contribution in [0.25, 0.3) is 0 Å². The molecule has 0 saturated carbocycles. The summed E-state index contributed by atoms with van der Waals surface area (Å²) >= 11 is 0. The quantitative estimate of drug-likeness (QED) is 0.811. The van der Waals surface area contributed by atoms with Crippen LogP contribution in [-0.2, 0) is 0 Å². The number of nitrogens with two attached hydrogens (primary N) is 1. The largest absolute Gasteiger partial charge is 0.467 e. The van der Waals surface area contributed by atoms with Crippen LogP contribution in [0.2, 0.25) is 0 Å². The third kappa shape index (κ3) is 1.81. The molecule has 0 aliphatic heterocycles. The fraction of sp³-hybridized carbons (Fsp3) is 0.231. The summed E-state index contributed by atoms with van der Waals surface area (Å²) in [4.78, 5) is 0. The molecule has 2 rings (SSSR count). The topological polar surface area (TPSA) is 39.2 Å². The molecule has 1 atom stereocenters. The fourth-order valence-electron chi connectivity index (χ4n) is 1.93. The van der Waals surface area contributed by atoms with Crippen LogP contribution in [0.15, 0.2) is 41.0 Å². The van der Waals surface area contributed by atoms with Gasteiger partial charge in [0.2, 0.25) is 0 Å². The molecule has 0 fully saturated rings. The van der Waals surface area contributed by atoms with Crippen molar-refractivity contribution >= 4 is 0 Å². The summed E-state index contributed by atoms with van der Waals surface area (Å²) in [6, 6.07) is 9.81. The van der Waals surface area contributed by atoms with Crippen molar-refractivity contribution in [1.82, 2.24) is 0 Å². The average Bonchev–Trinajstić information content (AvgIpc) is 2.69. The van der Waals surface area contributed by atoms with Crippen molar-refractivity contribution in [1.29, 1.82) is 0 Å². The third-order valence-electron chi connectivity index (χ3n) is 2.70. The molecule has 78 valence electrons. The molecule has 0 radical (unpaired) electrons. The molecule has 15 heavy (non-hydrogen) atoms. The molecule has 0 aliphatic rings. The molecule has 2 heteroatoms. The summed E-state index contributed by atoms with van der Waals surface area (Å²) in [6.45, 7) is 4.15. The minimum atomic E-state index is -0.166. The van der Waals surface area contributed by atoms with E-state index >= 15 is 0 Å². The monoisotopic (exact) mass is 201 g/mol. The summed E-state index contributed by atoms with van der Waals surface area (Å²) in [6.07, 6.45) is 1.66. The number of benzene rings is 1. The zero-order valence-electron chi connectivity index (χ0n) is 9.03. The van der Waals surface area contributed by atoms with Gasteiger partial charge in [0, 0.05) is 0 Å². The molecular weight excluding hydrogens is 186 g/mol. The van der Waals surface area contributed by atoms with Crippen molar-refractivity contribution in [3.63, 3.8) is 0 Å². The molecule has 0 saturated heterocycles. The first-order chi connectivity index (χ1) is 7.20. The van der Waals surface area contributed by atoms with Crippen LogP contribution in [0.5, 0.6) is 0 Å². The molecule has 2 nitrogen and oxygen atoms in total. The van der Waals surface area contributed by atoms with Crippen molar-refractivity contribution in [2.24, 2.45) is 5.73 Å². The van der Waals surface area contributed by atoms with Gasteiger partial charge in [0.1, 0.15) is 5.76 Å². The third-order valence-corrected chi connectivity index (χ3v) is 2.70. The maximum atomic E-state index is 6.17. The minimum absolute atomic E-state index is 0.166. The zero-order valence-corrected chi connectivity index (χ0v) is 9.03. The molecule has 1 aromatic heterocycles. The summed E-state index contributed by atoms with van der Waals surface area (Å²) in [5.41, 5.74) is 9.74. The Kier molecular flexibility index (Phi) is 2.60. The Balaban J connectivity index is 2.46. The molecule has 1 aromatic carbocycles. The van der Waals surface area contributed by atoms with E-state index in [1.165, 1.54) is 11.1 Å². The maximum absolute atomic E-state index is 6.17. The predicted octanol–water partition coefficient (Wildman–Crippen LogP) is 2.94. The molecule has 0 amide bonds. The van der Waals surface area contributed by atoms with Gasteiger partial charge in [-0.15, -0.1) is 0 Å². The number of rotatable bonds is 2. The van der Waals surface area contributed by atoms with E-state index in [2.05, 4.69) is 26.0 Å². The number of aryl methyl sites for hydroxylation is 2. The predicted molar refractivity (Wildman–Crippen MR) is 60.7 cm³/mol. The molecule has 1 unspecified atom stereocenters. The van der Waals surface area contributed by atoms with Gasteiger partial charge >= 0.3 is 0 Å².